The molecule has 0 unspecified atom stereocenters. The zero-order chi connectivity index (χ0) is 14.5. The third-order valence-electron chi connectivity index (χ3n) is 2.25. The number of nitrogens with zero attached hydrogens (tertiary/aromatic N) is 2. The van der Waals surface area contributed by atoms with Gasteiger partial charge in [-0.3, -0.25) is 4.79 Å². The Bertz CT molecular complexity index is 621. The molecule has 0 saturated carbocycles. The van der Waals surface area contributed by atoms with Gasteiger partial charge in [-0.1, -0.05) is 5.16 Å². The maximum absolute atomic E-state index is 11.8. The van der Waals surface area contributed by atoms with Gasteiger partial charge in [-0.15, -0.1) is 11.3 Å². The summed E-state index contributed by atoms with van der Waals surface area (Å²) in [7, 11) is 1.50. The van der Waals surface area contributed by atoms with Gasteiger partial charge in [-0.05, 0) is 0 Å². The van der Waals surface area contributed by atoms with Crippen molar-refractivity contribution in [2.75, 3.05) is 7.11 Å². The van der Waals surface area contributed by atoms with Gasteiger partial charge in [0.15, 0.2) is 17.1 Å². The van der Waals surface area contributed by atoms with E-state index in [1.54, 1.807) is 0 Å². The molecule has 106 valence electrons. The molecule has 0 aliphatic heterocycles. The molecule has 2 rings (SSSR count). The predicted octanol–water partition coefficient (Wildman–Crippen LogP) is 0.906. The molecule has 0 bridgehead atoms. The second-order valence-corrected chi connectivity index (χ2v) is 4.67. The molecule has 0 atom stereocenters. The van der Waals surface area contributed by atoms with Crippen molar-refractivity contribution in [2.45, 2.75) is 13.2 Å². The normalized spacial score (nSPS) is 10.4. The summed E-state index contributed by atoms with van der Waals surface area (Å²) in [5.74, 6) is -1.08. The van der Waals surface area contributed by atoms with Crippen molar-refractivity contribution in [3.05, 3.63) is 33.6 Å². The fourth-order valence-electron chi connectivity index (χ4n) is 1.37. The van der Waals surface area contributed by atoms with E-state index in [0.29, 0.717) is 10.8 Å². The summed E-state index contributed by atoms with van der Waals surface area (Å²) in [4.78, 5) is 26.3. The topological polar surface area (TPSA) is 115 Å². The lowest BCUT2D eigenvalue weighted by atomic mass is 10.3. The molecule has 0 spiro atoms. The Kier molecular flexibility index (Phi) is 4.43. The van der Waals surface area contributed by atoms with Gasteiger partial charge in [0.1, 0.15) is 11.6 Å². The van der Waals surface area contributed by atoms with E-state index in [4.69, 9.17) is 14.4 Å². The molecule has 20 heavy (non-hydrogen) atoms. The highest BCUT2D eigenvalue weighted by atomic mass is 32.1. The number of aromatic carboxylic acids is 1. The minimum absolute atomic E-state index is 0.0388. The maximum Gasteiger partial charge on any atom is 0.355 e. The van der Waals surface area contributed by atoms with Gasteiger partial charge in [-0.25, -0.2) is 9.78 Å². The van der Waals surface area contributed by atoms with Gasteiger partial charge in [0, 0.05) is 18.6 Å². The molecule has 2 heterocycles. The molecule has 9 heteroatoms. The first-order valence-corrected chi connectivity index (χ1v) is 6.38. The van der Waals surface area contributed by atoms with Crippen LogP contribution in [-0.4, -0.2) is 34.2 Å². The number of hydrogen-bond donors (Lipinski definition) is 2. The minimum Gasteiger partial charge on any atom is -0.476 e. The first kappa shape index (κ1) is 14.2. The summed E-state index contributed by atoms with van der Waals surface area (Å²) in [6.45, 7) is 0.359. The summed E-state index contributed by atoms with van der Waals surface area (Å²) >= 11 is 1.16. The minimum atomic E-state index is -1.10. The summed E-state index contributed by atoms with van der Waals surface area (Å²) in [5.41, 5.74) is 0.0927. The maximum atomic E-state index is 11.8. The van der Waals surface area contributed by atoms with E-state index < -0.39 is 11.9 Å². The number of carboxylic acids is 1. The van der Waals surface area contributed by atoms with E-state index in [-0.39, 0.29) is 24.5 Å². The molecule has 0 fully saturated rings. The lowest BCUT2D eigenvalue weighted by Gasteiger charge is -1.98. The van der Waals surface area contributed by atoms with Crippen molar-refractivity contribution >= 4 is 23.2 Å². The van der Waals surface area contributed by atoms with Gasteiger partial charge in [0.2, 0.25) is 0 Å². The van der Waals surface area contributed by atoms with Crippen LogP contribution < -0.4 is 5.32 Å². The standard InChI is InChI=1S/C11H11N3O5S/c1-18-4-6-2-7(14-19-6)10(15)12-3-9-13-8(5-20-9)11(16)17/h2,5H,3-4H2,1H3,(H,12,15)(H,16,17). The molecule has 8 nitrogen and oxygen atoms in total. The Balaban J connectivity index is 1.91. The van der Waals surface area contributed by atoms with E-state index in [1.807, 2.05) is 0 Å². The highest BCUT2D eigenvalue weighted by Crippen LogP contribution is 2.10. The monoisotopic (exact) mass is 297 g/mol. The largest absolute Gasteiger partial charge is 0.476 e. The second-order valence-electron chi connectivity index (χ2n) is 3.73. The van der Waals surface area contributed by atoms with E-state index in [2.05, 4.69) is 15.5 Å². The Morgan fingerprint density at radius 3 is 2.95 bits per heavy atom. The van der Waals surface area contributed by atoms with Crippen molar-refractivity contribution in [3.8, 4) is 0 Å². The van der Waals surface area contributed by atoms with Crippen LogP contribution in [0.1, 0.15) is 31.7 Å². The molecule has 0 radical (unpaired) electrons. The average molecular weight is 297 g/mol. The van der Waals surface area contributed by atoms with Gasteiger partial charge in [0.25, 0.3) is 5.91 Å². The van der Waals surface area contributed by atoms with Crippen LogP contribution in [0, 0.1) is 0 Å². The fourth-order valence-corrected chi connectivity index (χ4v) is 2.07. The lowest BCUT2D eigenvalue weighted by molar-refractivity contribution is 0.0691. The molecule has 2 N–H and O–H groups in total. The summed E-state index contributed by atoms with van der Waals surface area (Å²) in [6, 6.07) is 1.48. The number of amides is 1. The van der Waals surface area contributed by atoms with Crippen molar-refractivity contribution < 1.29 is 24.0 Å². The van der Waals surface area contributed by atoms with Crippen LogP contribution in [-0.2, 0) is 17.9 Å². The Morgan fingerprint density at radius 2 is 2.30 bits per heavy atom. The van der Waals surface area contributed by atoms with E-state index in [0.717, 1.165) is 11.3 Å². The number of carbonyl (C=O) groups excluding carboxylic acids is 1. The number of carboxylic acid groups (broad SMARTS) is 1. The predicted molar refractivity (Wildman–Crippen MR) is 67.5 cm³/mol. The average Bonchev–Trinajstić information content (AvgIpc) is 3.05. The third-order valence-corrected chi connectivity index (χ3v) is 3.10. The van der Waals surface area contributed by atoms with Crippen molar-refractivity contribution in [1.29, 1.82) is 0 Å². The molecule has 2 aromatic rings. The molecular weight excluding hydrogens is 286 g/mol. The molecule has 0 saturated heterocycles. The smallest absolute Gasteiger partial charge is 0.355 e. The Hall–Kier alpha value is -2.26. The van der Waals surface area contributed by atoms with Gasteiger partial charge in [0.05, 0.1) is 6.54 Å². The van der Waals surface area contributed by atoms with E-state index in [9.17, 15) is 9.59 Å². The van der Waals surface area contributed by atoms with Crippen LogP contribution in [0.4, 0.5) is 0 Å². The zero-order valence-corrected chi connectivity index (χ0v) is 11.3. The van der Waals surface area contributed by atoms with Crippen molar-refractivity contribution in [1.82, 2.24) is 15.5 Å². The van der Waals surface area contributed by atoms with Crippen LogP contribution in [0.25, 0.3) is 0 Å². The van der Waals surface area contributed by atoms with Crippen LogP contribution >= 0.6 is 11.3 Å². The number of aromatic nitrogens is 2. The quantitative estimate of drug-likeness (QED) is 0.814. The number of carbonyl (C=O) groups is 2. The third kappa shape index (κ3) is 3.39. The molecule has 1 amide bonds. The molecule has 0 aliphatic rings. The van der Waals surface area contributed by atoms with Crippen LogP contribution in [0.5, 0.6) is 0 Å². The Labute approximate surface area is 117 Å². The summed E-state index contributed by atoms with van der Waals surface area (Å²) < 4.78 is 9.73. The number of ether oxygens (including phenoxy) is 1. The number of hydrogen-bond acceptors (Lipinski definition) is 7. The fraction of sp³-hybridized carbons (Fsp3) is 0.273. The molecule has 2 aromatic heterocycles. The highest BCUT2D eigenvalue weighted by molar-refractivity contribution is 7.09. The summed E-state index contributed by atoms with van der Waals surface area (Å²) in [6.07, 6.45) is 0. The van der Waals surface area contributed by atoms with E-state index in [1.165, 1.54) is 18.6 Å². The zero-order valence-electron chi connectivity index (χ0n) is 10.5. The van der Waals surface area contributed by atoms with Crippen LogP contribution in [0.2, 0.25) is 0 Å². The lowest BCUT2D eigenvalue weighted by Crippen LogP contribution is -2.23. The Morgan fingerprint density at radius 1 is 1.50 bits per heavy atom. The number of nitrogens with one attached hydrogen (secondary N) is 1. The van der Waals surface area contributed by atoms with Crippen LogP contribution in [0.15, 0.2) is 16.0 Å². The molecular formula is C11H11N3O5S. The molecule has 0 aromatic carbocycles. The van der Waals surface area contributed by atoms with E-state index >= 15 is 0 Å². The van der Waals surface area contributed by atoms with Gasteiger partial charge < -0.3 is 19.7 Å². The number of thiazole rings is 1. The first-order valence-electron chi connectivity index (χ1n) is 5.50. The first-order chi connectivity index (χ1) is 9.60. The summed E-state index contributed by atoms with van der Waals surface area (Å²) in [5, 5.41) is 16.8. The molecule has 0 aliphatic carbocycles. The number of rotatable bonds is 6. The second kappa shape index (κ2) is 6.26. The van der Waals surface area contributed by atoms with Crippen molar-refractivity contribution in [3.63, 3.8) is 0 Å². The SMILES string of the molecule is COCc1cc(C(=O)NCc2nc(C(=O)O)cs2)no1. The van der Waals surface area contributed by atoms with Gasteiger partial charge >= 0.3 is 5.97 Å². The van der Waals surface area contributed by atoms with Crippen LogP contribution in [0.3, 0.4) is 0 Å². The highest BCUT2D eigenvalue weighted by Gasteiger charge is 2.14. The number of methoxy groups -OCH3 is 1. The van der Waals surface area contributed by atoms with Gasteiger partial charge in [-0.2, -0.15) is 0 Å². The van der Waals surface area contributed by atoms with Crippen molar-refractivity contribution in [2.24, 2.45) is 0 Å².